The second-order valence-corrected chi connectivity index (χ2v) is 4.66. The van der Waals surface area contributed by atoms with Crippen LogP contribution in [0.25, 0.3) is 0 Å². The molecule has 0 radical (unpaired) electrons. The standard InChI is InChI=1S/C15H20N4O/c1-13(14-7-3-2-4-8-14)18-15(20)16-9-5-11-19-12-6-10-17-19/h2-4,6-8,10,12-13H,5,9,11H2,1H3,(H2,16,18,20). The van der Waals surface area contributed by atoms with E-state index >= 15 is 0 Å². The van der Waals surface area contributed by atoms with Crippen LogP contribution in [0, 0.1) is 0 Å². The molecular formula is C15H20N4O. The van der Waals surface area contributed by atoms with E-state index in [9.17, 15) is 4.79 Å². The molecule has 1 atom stereocenters. The number of carbonyl (C=O) groups excluding carboxylic acids is 1. The lowest BCUT2D eigenvalue weighted by Crippen LogP contribution is -2.37. The Hall–Kier alpha value is -2.30. The third kappa shape index (κ3) is 4.42. The molecule has 1 heterocycles. The van der Waals surface area contributed by atoms with Crippen molar-refractivity contribution in [3.05, 3.63) is 54.4 Å². The average Bonchev–Trinajstić information content (AvgIpc) is 2.98. The van der Waals surface area contributed by atoms with Crippen LogP contribution in [-0.4, -0.2) is 22.4 Å². The normalized spacial score (nSPS) is 11.8. The lowest BCUT2D eigenvalue weighted by Gasteiger charge is -2.15. The summed E-state index contributed by atoms with van der Waals surface area (Å²) >= 11 is 0. The maximum absolute atomic E-state index is 11.7. The number of hydrogen-bond acceptors (Lipinski definition) is 2. The first-order chi connectivity index (χ1) is 9.75. The summed E-state index contributed by atoms with van der Waals surface area (Å²) in [6.07, 6.45) is 4.52. The predicted molar refractivity (Wildman–Crippen MR) is 78.2 cm³/mol. The highest BCUT2D eigenvalue weighted by atomic mass is 16.2. The topological polar surface area (TPSA) is 59.0 Å². The second-order valence-electron chi connectivity index (χ2n) is 4.66. The molecule has 2 aromatic rings. The summed E-state index contributed by atoms with van der Waals surface area (Å²) in [6.45, 7) is 3.41. The first-order valence-electron chi connectivity index (χ1n) is 6.82. The molecular weight excluding hydrogens is 252 g/mol. The Labute approximate surface area is 119 Å². The zero-order valence-corrected chi connectivity index (χ0v) is 11.6. The molecule has 0 bridgehead atoms. The molecule has 2 N–H and O–H groups in total. The zero-order chi connectivity index (χ0) is 14.2. The van der Waals surface area contributed by atoms with Gasteiger partial charge in [-0.05, 0) is 25.0 Å². The minimum atomic E-state index is -0.137. The molecule has 0 saturated heterocycles. The van der Waals surface area contributed by atoms with Crippen molar-refractivity contribution in [3.63, 3.8) is 0 Å². The van der Waals surface area contributed by atoms with Crippen LogP contribution in [0.2, 0.25) is 0 Å². The summed E-state index contributed by atoms with van der Waals surface area (Å²) in [6, 6.07) is 11.7. The Morgan fingerprint density at radius 3 is 2.80 bits per heavy atom. The van der Waals surface area contributed by atoms with E-state index in [0.29, 0.717) is 6.54 Å². The van der Waals surface area contributed by atoms with Gasteiger partial charge < -0.3 is 10.6 Å². The molecule has 0 fully saturated rings. The third-order valence-corrected chi connectivity index (χ3v) is 3.06. The lowest BCUT2D eigenvalue weighted by molar-refractivity contribution is 0.237. The molecule has 1 aromatic heterocycles. The minimum Gasteiger partial charge on any atom is -0.338 e. The molecule has 0 aliphatic rings. The summed E-state index contributed by atoms with van der Waals surface area (Å²) in [4.78, 5) is 11.7. The molecule has 106 valence electrons. The number of rotatable bonds is 6. The Balaban J connectivity index is 1.65. The van der Waals surface area contributed by atoms with Crippen molar-refractivity contribution >= 4 is 6.03 Å². The van der Waals surface area contributed by atoms with Crippen LogP contribution in [0.15, 0.2) is 48.8 Å². The van der Waals surface area contributed by atoms with Crippen molar-refractivity contribution in [2.45, 2.75) is 25.9 Å². The highest BCUT2D eigenvalue weighted by molar-refractivity contribution is 5.74. The molecule has 2 rings (SSSR count). The van der Waals surface area contributed by atoms with Crippen molar-refractivity contribution in [2.24, 2.45) is 0 Å². The first kappa shape index (κ1) is 14.1. The van der Waals surface area contributed by atoms with Gasteiger partial charge in [0, 0.05) is 25.5 Å². The Kier molecular flexibility index (Phi) is 5.17. The van der Waals surface area contributed by atoms with E-state index in [2.05, 4.69) is 15.7 Å². The number of hydrogen-bond donors (Lipinski definition) is 2. The second kappa shape index (κ2) is 7.33. The molecule has 1 aromatic carbocycles. The monoisotopic (exact) mass is 272 g/mol. The van der Waals surface area contributed by atoms with Crippen LogP contribution >= 0.6 is 0 Å². The van der Waals surface area contributed by atoms with Gasteiger partial charge in [-0.1, -0.05) is 30.3 Å². The van der Waals surface area contributed by atoms with Gasteiger partial charge in [0.1, 0.15) is 0 Å². The smallest absolute Gasteiger partial charge is 0.315 e. The summed E-state index contributed by atoms with van der Waals surface area (Å²) in [5, 5.41) is 9.88. The largest absolute Gasteiger partial charge is 0.338 e. The zero-order valence-electron chi connectivity index (χ0n) is 11.6. The third-order valence-electron chi connectivity index (χ3n) is 3.06. The number of urea groups is 1. The van der Waals surface area contributed by atoms with Gasteiger partial charge in [0.2, 0.25) is 0 Å². The van der Waals surface area contributed by atoms with Crippen LogP contribution in [0.1, 0.15) is 24.9 Å². The Morgan fingerprint density at radius 1 is 1.30 bits per heavy atom. The van der Waals surface area contributed by atoms with Crippen LogP contribution in [-0.2, 0) is 6.54 Å². The number of benzene rings is 1. The van der Waals surface area contributed by atoms with Gasteiger partial charge in [-0.2, -0.15) is 5.10 Å². The molecule has 0 aliphatic carbocycles. The summed E-state index contributed by atoms with van der Waals surface area (Å²) in [5.74, 6) is 0. The van der Waals surface area contributed by atoms with E-state index in [1.54, 1.807) is 6.20 Å². The predicted octanol–water partition coefficient (Wildman–Crippen LogP) is 2.33. The van der Waals surface area contributed by atoms with Crippen molar-refractivity contribution in [1.82, 2.24) is 20.4 Å². The maximum atomic E-state index is 11.7. The highest BCUT2D eigenvalue weighted by Crippen LogP contribution is 2.10. The number of carbonyl (C=O) groups is 1. The van der Waals surface area contributed by atoms with E-state index in [1.165, 1.54) is 0 Å². The fourth-order valence-electron chi connectivity index (χ4n) is 1.95. The van der Waals surface area contributed by atoms with E-state index < -0.39 is 0 Å². The van der Waals surface area contributed by atoms with E-state index in [0.717, 1.165) is 18.5 Å². The van der Waals surface area contributed by atoms with Gasteiger partial charge in [0.05, 0.1) is 6.04 Å². The van der Waals surface area contributed by atoms with Gasteiger partial charge in [0.15, 0.2) is 0 Å². The van der Waals surface area contributed by atoms with E-state index in [-0.39, 0.29) is 12.1 Å². The number of aromatic nitrogens is 2. The van der Waals surface area contributed by atoms with Gasteiger partial charge in [-0.25, -0.2) is 4.79 Å². The fraction of sp³-hybridized carbons (Fsp3) is 0.333. The molecule has 1 unspecified atom stereocenters. The van der Waals surface area contributed by atoms with E-state index in [4.69, 9.17) is 0 Å². The average molecular weight is 272 g/mol. The summed E-state index contributed by atoms with van der Waals surface area (Å²) in [5.41, 5.74) is 1.10. The van der Waals surface area contributed by atoms with Gasteiger partial charge in [0.25, 0.3) is 0 Å². The first-order valence-corrected chi connectivity index (χ1v) is 6.82. The van der Waals surface area contributed by atoms with Gasteiger partial charge in [-0.15, -0.1) is 0 Å². The van der Waals surface area contributed by atoms with Crippen molar-refractivity contribution in [1.29, 1.82) is 0 Å². The quantitative estimate of drug-likeness (QED) is 0.793. The lowest BCUT2D eigenvalue weighted by atomic mass is 10.1. The van der Waals surface area contributed by atoms with Gasteiger partial charge in [-0.3, -0.25) is 4.68 Å². The molecule has 5 nitrogen and oxygen atoms in total. The summed E-state index contributed by atoms with van der Waals surface area (Å²) in [7, 11) is 0. The van der Waals surface area contributed by atoms with Crippen molar-refractivity contribution in [2.75, 3.05) is 6.54 Å². The molecule has 5 heteroatoms. The molecule has 0 aliphatic heterocycles. The van der Waals surface area contributed by atoms with Gasteiger partial charge >= 0.3 is 6.03 Å². The molecule has 0 saturated carbocycles. The molecule has 0 spiro atoms. The van der Waals surface area contributed by atoms with Crippen LogP contribution in [0.5, 0.6) is 0 Å². The van der Waals surface area contributed by atoms with E-state index in [1.807, 2.05) is 54.2 Å². The Morgan fingerprint density at radius 2 is 2.10 bits per heavy atom. The van der Waals surface area contributed by atoms with Crippen molar-refractivity contribution in [3.8, 4) is 0 Å². The molecule has 2 amide bonds. The highest BCUT2D eigenvalue weighted by Gasteiger charge is 2.07. The van der Waals surface area contributed by atoms with Crippen molar-refractivity contribution < 1.29 is 4.79 Å². The fourth-order valence-corrected chi connectivity index (χ4v) is 1.95. The number of aryl methyl sites for hydroxylation is 1. The number of nitrogens with zero attached hydrogens (tertiary/aromatic N) is 2. The molecule has 20 heavy (non-hydrogen) atoms. The minimum absolute atomic E-state index is 0.00214. The van der Waals surface area contributed by atoms with Crippen LogP contribution in [0.3, 0.4) is 0 Å². The Bertz CT molecular complexity index is 510. The van der Waals surface area contributed by atoms with Crippen LogP contribution < -0.4 is 10.6 Å². The number of nitrogens with one attached hydrogen (secondary N) is 2. The maximum Gasteiger partial charge on any atom is 0.315 e. The summed E-state index contributed by atoms with van der Waals surface area (Å²) < 4.78 is 1.85. The SMILES string of the molecule is CC(NC(=O)NCCCn1cccn1)c1ccccc1. The van der Waals surface area contributed by atoms with Crippen LogP contribution in [0.4, 0.5) is 4.79 Å². The number of amides is 2.